The number of pyridine rings is 1. The molecule has 0 aliphatic carbocycles. The second-order valence-electron chi connectivity index (χ2n) is 13.9. The first kappa shape index (κ1) is 38.9. The highest BCUT2D eigenvalue weighted by Crippen LogP contribution is 2.33. The summed E-state index contributed by atoms with van der Waals surface area (Å²) in [6, 6.07) is 11.0. The zero-order chi connectivity index (χ0) is 39.7. The summed E-state index contributed by atoms with van der Waals surface area (Å²) in [5.41, 5.74) is 2.20. The van der Waals surface area contributed by atoms with E-state index in [2.05, 4.69) is 33.7 Å². The smallest absolute Gasteiger partial charge is 0.293 e. The normalized spacial score (nSPS) is 17.8. The molecule has 0 saturated carbocycles. The van der Waals surface area contributed by atoms with Crippen LogP contribution in [0.5, 0.6) is 5.75 Å². The summed E-state index contributed by atoms with van der Waals surface area (Å²) in [4.78, 5) is 83.8. The standard InChI is InChI=1S/C39H42ClN7O8/c1-21(48)20-54-33-16-25-15-26(7-10-31(25)45(6)39(33)53)42-35(23(3)40)41-24(4)44(5)14-13-22(2)55-28-18-46(19-28)27-8-9-29-30(17-27)38(52)47(37(29)51)32-11-12-34(49)43-36(32)50/h7-10,15-17,22,28,32H,3-4,11-14,18-20H2,1-2,5-6H3,(H,41,42)(H,43,49,50). The summed E-state index contributed by atoms with van der Waals surface area (Å²) in [6.07, 6.45) is 0.712. The number of Topliss-reactive ketones (excluding diaryl/α,β-unsaturated/α-hetero) is 1. The molecule has 288 valence electrons. The zero-order valence-corrected chi connectivity index (χ0v) is 31.8. The molecule has 55 heavy (non-hydrogen) atoms. The molecule has 2 saturated heterocycles. The molecule has 3 aromatic rings. The number of hydrogen-bond acceptors (Lipinski definition) is 11. The van der Waals surface area contributed by atoms with Gasteiger partial charge < -0.3 is 29.2 Å². The molecule has 16 heteroatoms. The van der Waals surface area contributed by atoms with Crippen LogP contribution in [0, 0.1) is 0 Å². The number of halogens is 1. The second-order valence-corrected chi connectivity index (χ2v) is 14.4. The van der Waals surface area contributed by atoms with Crippen molar-refractivity contribution < 1.29 is 33.4 Å². The molecule has 3 aliphatic heterocycles. The number of carbonyl (C=O) groups excluding carboxylic acids is 5. The summed E-state index contributed by atoms with van der Waals surface area (Å²) in [6.45, 7) is 12.9. The number of nitrogens with one attached hydrogen (secondary N) is 2. The number of ketones is 1. The lowest BCUT2D eigenvalue weighted by atomic mass is 10.0. The highest BCUT2D eigenvalue weighted by atomic mass is 35.5. The Bertz CT molecular complexity index is 2230. The van der Waals surface area contributed by atoms with Gasteiger partial charge in [0.1, 0.15) is 18.5 Å². The van der Waals surface area contributed by atoms with E-state index in [1.54, 1.807) is 49.5 Å². The number of anilines is 2. The fraction of sp³-hybridized carbons (Fsp3) is 0.359. The van der Waals surface area contributed by atoms with E-state index in [1.807, 2.05) is 18.9 Å². The maximum atomic E-state index is 13.2. The first-order chi connectivity index (χ1) is 26.1. The molecule has 0 spiro atoms. The van der Waals surface area contributed by atoms with E-state index >= 15 is 0 Å². The molecule has 2 atom stereocenters. The van der Waals surface area contributed by atoms with Crippen molar-refractivity contribution in [2.45, 2.75) is 51.4 Å². The number of benzene rings is 2. The van der Waals surface area contributed by atoms with Crippen molar-refractivity contribution in [3.05, 3.63) is 88.0 Å². The van der Waals surface area contributed by atoms with Gasteiger partial charge in [-0.25, -0.2) is 4.99 Å². The predicted molar refractivity (Wildman–Crippen MR) is 207 cm³/mol. The molecule has 2 N–H and O–H groups in total. The third kappa shape index (κ3) is 8.32. The Morgan fingerprint density at radius 1 is 1.07 bits per heavy atom. The molecule has 2 aromatic carbocycles. The van der Waals surface area contributed by atoms with Crippen LogP contribution in [0.4, 0.5) is 11.4 Å². The van der Waals surface area contributed by atoms with Gasteiger partial charge in [0.25, 0.3) is 17.4 Å². The van der Waals surface area contributed by atoms with Gasteiger partial charge >= 0.3 is 0 Å². The average Bonchev–Trinajstić information content (AvgIpc) is 3.36. The first-order valence-corrected chi connectivity index (χ1v) is 18.1. The second kappa shape index (κ2) is 15.9. The van der Waals surface area contributed by atoms with Crippen LogP contribution in [0.2, 0.25) is 0 Å². The van der Waals surface area contributed by atoms with E-state index in [0.29, 0.717) is 48.5 Å². The number of amidine groups is 1. The van der Waals surface area contributed by atoms with E-state index in [4.69, 9.17) is 21.1 Å². The lowest BCUT2D eigenvalue weighted by Crippen LogP contribution is -2.54. The number of imide groups is 2. The van der Waals surface area contributed by atoms with Crippen LogP contribution < -0.4 is 25.8 Å². The lowest BCUT2D eigenvalue weighted by Gasteiger charge is -2.42. The quantitative estimate of drug-likeness (QED) is 0.140. The summed E-state index contributed by atoms with van der Waals surface area (Å²) < 4.78 is 13.2. The fourth-order valence-electron chi connectivity index (χ4n) is 6.61. The van der Waals surface area contributed by atoms with Crippen LogP contribution >= 0.6 is 11.6 Å². The van der Waals surface area contributed by atoms with Gasteiger partial charge in [-0.15, -0.1) is 0 Å². The summed E-state index contributed by atoms with van der Waals surface area (Å²) in [5, 5.41) is 6.25. The monoisotopic (exact) mass is 771 g/mol. The minimum absolute atomic E-state index is 0.0383. The van der Waals surface area contributed by atoms with Crippen LogP contribution in [0.1, 0.15) is 53.8 Å². The number of aliphatic imine (C=N–C) groups is 1. The van der Waals surface area contributed by atoms with Gasteiger partial charge in [0.2, 0.25) is 11.8 Å². The molecule has 4 heterocycles. The number of rotatable bonds is 14. The van der Waals surface area contributed by atoms with Crippen LogP contribution in [0.15, 0.2) is 76.3 Å². The van der Waals surface area contributed by atoms with Crippen LogP contribution in [0.25, 0.3) is 10.9 Å². The first-order valence-electron chi connectivity index (χ1n) is 17.7. The molecular formula is C39H42ClN7O8. The van der Waals surface area contributed by atoms with Gasteiger partial charge in [-0.3, -0.25) is 39.0 Å². The van der Waals surface area contributed by atoms with E-state index in [0.717, 1.165) is 10.6 Å². The van der Waals surface area contributed by atoms with Crippen molar-refractivity contribution in [1.82, 2.24) is 19.7 Å². The van der Waals surface area contributed by atoms with Crippen molar-refractivity contribution >= 4 is 69.1 Å². The predicted octanol–water partition coefficient (Wildman–Crippen LogP) is 3.56. The molecule has 6 rings (SSSR count). The number of carbonyl (C=O) groups is 5. The Morgan fingerprint density at radius 2 is 1.80 bits per heavy atom. The number of aryl methyl sites for hydroxylation is 1. The van der Waals surface area contributed by atoms with E-state index < -0.39 is 29.7 Å². The summed E-state index contributed by atoms with van der Waals surface area (Å²) in [7, 11) is 3.49. The maximum absolute atomic E-state index is 13.2. The molecule has 1 aromatic heterocycles. The van der Waals surface area contributed by atoms with Gasteiger partial charge in [-0.1, -0.05) is 24.8 Å². The van der Waals surface area contributed by atoms with E-state index in [9.17, 15) is 28.8 Å². The number of piperidine rings is 1. The highest BCUT2D eigenvalue weighted by molar-refractivity contribution is 6.44. The molecule has 0 radical (unpaired) electrons. The Kier molecular flexibility index (Phi) is 11.2. The molecule has 2 unspecified atom stereocenters. The third-order valence-corrected chi connectivity index (χ3v) is 9.93. The van der Waals surface area contributed by atoms with Crippen LogP contribution in [-0.2, 0) is 26.2 Å². The largest absolute Gasteiger partial charge is 0.480 e. The van der Waals surface area contributed by atoms with Crippen LogP contribution in [-0.4, -0.2) is 101 Å². The van der Waals surface area contributed by atoms with Crippen molar-refractivity contribution in [1.29, 1.82) is 0 Å². The maximum Gasteiger partial charge on any atom is 0.293 e. The van der Waals surface area contributed by atoms with Gasteiger partial charge in [0.15, 0.2) is 17.4 Å². The molecule has 15 nitrogen and oxygen atoms in total. The minimum Gasteiger partial charge on any atom is -0.480 e. The molecule has 2 fully saturated rings. The molecule has 3 aliphatic rings. The van der Waals surface area contributed by atoms with Gasteiger partial charge in [-0.05, 0) is 69.2 Å². The highest BCUT2D eigenvalue weighted by Gasteiger charge is 2.45. The Balaban J connectivity index is 0.999. The SMILES string of the molecule is C=C(Cl)/C(=N\C(=C)N(C)CCC(C)OC1CN(c2ccc3c(c2)C(=O)N(C2CCC(=O)NC2=O)C3=O)C1)Nc1ccc2c(c1)cc(OCC(C)=O)c(=O)n2C. The summed E-state index contributed by atoms with van der Waals surface area (Å²) >= 11 is 6.33. The molecule has 4 amide bonds. The third-order valence-electron chi connectivity index (χ3n) is 9.76. The van der Waals surface area contributed by atoms with Crippen molar-refractivity contribution in [2.24, 2.45) is 12.0 Å². The number of fused-ring (bicyclic) bond motifs is 2. The Labute approximate surface area is 322 Å². The zero-order valence-electron chi connectivity index (χ0n) is 31.0. The number of hydrogen-bond donors (Lipinski definition) is 2. The number of amides is 4. The van der Waals surface area contributed by atoms with E-state index in [1.165, 1.54) is 11.5 Å². The number of aromatic nitrogens is 1. The lowest BCUT2D eigenvalue weighted by molar-refractivity contribution is -0.136. The van der Waals surface area contributed by atoms with Crippen LogP contribution in [0.3, 0.4) is 0 Å². The van der Waals surface area contributed by atoms with Gasteiger partial charge in [0, 0.05) is 56.9 Å². The average molecular weight is 772 g/mol. The van der Waals surface area contributed by atoms with Crippen molar-refractivity contribution in [3.8, 4) is 5.75 Å². The van der Waals surface area contributed by atoms with Gasteiger partial charge in [0.05, 0.1) is 33.9 Å². The van der Waals surface area contributed by atoms with Crippen molar-refractivity contribution in [2.75, 3.05) is 43.5 Å². The Morgan fingerprint density at radius 3 is 2.49 bits per heavy atom. The van der Waals surface area contributed by atoms with E-state index in [-0.39, 0.29) is 70.7 Å². The minimum atomic E-state index is -1.01. The number of nitrogens with zero attached hydrogens (tertiary/aromatic N) is 5. The Hall–Kier alpha value is -5.80. The number of ether oxygens (including phenoxy) is 2. The van der Waals surface area contributed by atoms with Gasteiger partial charge in [-0.2, -0.15) is 0 Å². The molecular weight excluding hydrogens is 730 g/mol. The fourth-order valence-corrected chi connectivity index (χ4v) is 6.70. The summed E-state index contributed by atoms with van der Waals surface area (Å²) in [5.74, 6) is -1.54. The topological polar surface area (TPSA) is 172 Å². The molecule has 0 bridgehead atoms. The van der Waals surface area contributed by atoms with Crippen molar-refractivity contribution in [3.63, 3.8) is 0 Å².